The highest BCUT2D eigenvalue weighted by Crippen LogP contribution is 2.22. The summed E-state index contributed by atoms with van der Waals surface area (Å²) >= 11 is 3.48. The minimum absolute atomic E-state index is 0.489. The van der Waals surface area contributed by atoms with Gasteiger partial charge in [-0.15, -0.1) is 0 Å². The number of piperidine rings is 1. The number of benzene rings is 1. The van der Waals surface area contributed by atoms with E-state index in [2.05, 4.69) is 66.4 Å². The molecular weight excluding hydrogens is 328 g/mol. The van der Waals surface area contributed by atoms with Crippen LogP contribution >= 0.6 is 15.9 Å². The summed E-state index contributed by atoms with van der Waals surface area (Å²) in [6.45, 7) is 3.29. The molecule has 0 unspecified atom stereocenters. The molecule has 0 amide bonds. The number of nitrogens with one attached hydrogen (secondary N) is 1. The van der Waals surface area contributed by atoms with Crippen molar-refractivity contribution in [3.63, 3.8) is 0 Å². The van der Waals surface area contributed by atoms with E-state index >= 15 is 0 Å². The van der Waals surface area contributed by atoms with E-state index < -0.39 is 0 Å². The Morgan fingerprint density at radius 3 is 2.67 bits per heavy atom. The van der Waals surface area contributed by atoms with Crippen LogP contribution in [0.4, 0.5) is 5.82 Å². The monoisotopic (exact) mass is 346 g/mol. The molecule has 1 aliphatic heterocycles. The summed E-state index contributed by atoms with van der Waals surface area (Å²) in [5.41, 5.74) is 1.39. The normalized spacial score (nSPS) is 16.8. The highest BCUT2D eigenvalue weighted by Gasteiger charge is 2.19. The van der Waals surface area contributed by atoms with Crippen LogP contribution in [0, 0.1) is 0 Å². The maximum Gasteiger partial charge on any atom is 0.143 e. The van der Waals surface area contributed by atoms with Crippen molar-refractivity contribution < 1.29 is 0 Å². The van der Waals surface area contributed by atoms with E-state index in [1.54, 1.807) is 12.5 Å². The second-order valence-corrected chi connectivity index (χ2v) is 6.25. The molecule has 110 valence electrons. The molecular formula is C16H19BrN4. The predicted molar refractivity (Wildman–Crippen MR) is 88.1 cm³/mol. The molecule has 3 rings (SSSR count). The lowest BCUT2D eigenvalue weighted by atomic mass is 10.0. The van der Waals surface area contributed by atoms with Crippen LogP contribution in [0.15, 0.2) is 47.3 Å². The fourth-order valence-corrected chi connectivity index (χ4v) is 3.02. The van der Waals surface area contributed by atoms with Crippen LogP contribution in [-0.4, -0.2) is 34.0 Å². The first-order chi connectivity index (χ1) is 10.3. The van der Waals surface area contributed by atoms with Crippen LogP contribution in [0.5, 0.6) is 0 Å². The molecule has 1 fully saturated rings. The molecule has 1 aromatic carbocycles. The number of likely N-dealkylation sites (tertiary alicyclic amines) is 1. The van der Waals surface area contributed by atoms with Crippen molar-refractivity contribution in [1.82, 2.24) is 14.9 Å². The third-order valence-corrected chi connectivity index (χ3v) is 4.43. The topological polar surface area (TPSA) is 41.1 Å². The molecule has 1 N–H and O–H groups in total. The maximum atomic E-state index is 4.28. The molecule has 0 radical (unpaired) electrons. The van der Waals surface area contributed by atoms with Gasteiger partial charge in [-0.3, -0.25) is 4.90 Å². The van der Waals surface area contributed by atoms with Crippen molar-refractivity contribution in [3.05, 3.63) is 52.9 Å². The summed E-state index contributed by atoms with van der Waals surface area (Å²) in [6, 6.07) is 11.2. The van der Waals surface area contributed by atoms with Crippen molar-refractivity contribution in [2.45, 2.75) is 25.4 Å². The first kappa shape index (κ1) is 14.5. The zero-order valence-corrected chi connectivity index (χ0v) is 13.5. The van der Waals surface area contributed by atoms with Crippen molar-refractivity contribution >= 4 is 21.7 Å². The van der Waals surface area contributed by atoms with Crippen LogP contribution in [0.2, 0.25) is 0 Å². The van der Waals surface area contributed by atoms with E-state index in [1.165, 1.54) is 5.56 Å². The van der Waals surface area contributed by atoms with Gasteiger partial charge in [0.1, 0.15) is 12.1 Å². The Labute approximate surface area is 133 Å². The minimum Gasteiger partial charge on any atom is -0.366 e. The summed E-state index contributed by atoms with van der Waals surface area (Å²) in [6.07, 6.45) is 5.64. The average Bonchev–Trinajstić information content (AvgIpc) is 2.52. The molecule has 2 heterocycles. The van der Waals surface area contributed by atoms with Crippen molar-refractivity contribution in [2.24, 2.45) is 0 Å². The van der Waals surface area contributed by atoms with Gasteiger partial charge in [-0.05, 0) is 34.3 Å². The fraction of sp³-hybridized carbons (Fsp3) is 0.375. The molecule has 0 saturated carbocycles. The van der Waals surface area contributed by atoms with Crippen LogP contribution in [0.1, 0.15) is 18.4 Å². The summed E-state index contributed by atoms with van der Waals surface area (Å²) in [5, 5.41) is 3.51. The van der Waals surface area contributed by atoms with Crippen molar-refractivity contribution in [3.8, 4) is 0 Å². The molecule has 0 aliphatic carbocycles. The van der Waals surface area contributed by atoms with Gasteiger partial charge in [0.2, 0.25) is 0 Å². The van der Waals surface area contributed by atoms with Gasteiger partial charge in [-0.25, -0.2) is 9.97 Å². The Morgan fingerprint density at radius 2 is 1.95 bits per heavy atom. The highest BCUT2D eigenvalue weighted by atomic mass is 79.9. The molecule has 0 spiro atoms. The van der Waals surface area contributed by atoms with Gasteiger partial charge >= 0.3 is 0 Å². The molecule has 21 heavy (non-hydrogen) atoms. The van der Waals surface area contributed by atoms with Gasteiger partial charge in [-0.2, -0.15) is 0 Å². The van der Waals surface area contributed by atoms with E-state index in [0.29, 0.717) is 6.04 Å². The van der Waals surface area contributed by atoms with Gasteiger partial charge in [0.25, 0.3) is 0 Å². The van der Waals surface area contributed by atoms with E-state index in [9.17, 15) is 0 Å². The number of anilines is 1. The van der Waals surface area contributed by atoms with E-state index in [0.717, 1.165) is 42.8 Å². The highest BCUT2D eigenvalue weighted by molar-refractivity contribution is 9.10. The van der Waals surface area contributed by atoms with Crippen LogP contribution in [0.3, 0.4) is 0 Å². The zero-order chi connectivity index (χ0) is 14.5. The maximum absolute atomic E-state index is 4.28. The van der Waals surface area contributed by atoms with Gasteiger partial charge in [0.05, 0.1) is 4.47 Å². The molecule has 1 aromatic heterocycles. The van der Waals surface area contributed by atoms with Crippen LogP contribution < -0.4 is 5.32 Å². The van der Waals surface area contributed by atoms with Crippen molar-refractivity contribution in [2.75, 3.05) is 18.4 Å². The quantitative estimate of drug-likeness (QED) is 0.921. The SMILES string of the molecule is Brc1cncnc1NC1CCN(Cc2ccccc2)CC1. The number of hydrogen-bond acceptors (Lipinski definition) is 4. The van der Waals surface area contributed by atoms with Gasteiger partial charge in [0, 0.05) is 31.9 Å². The molecule has 5 heteroatoms. The molecule has 0 atom stereocenters. The lowest BCUT2D eigenvalue weighted by Gasteiger charge is -2.32. The Bertz CT molecular complexity index is 567. The summed E-state index contributed by atoms with van der Waals surface area (Å²) in [4.78, 5) is 10.8. The van der Waals surface area contributed by atoms with Crippen LogP contribution in [-0.2, 0) is 6.54 Å². The average molecular weight is 347 g/mol. The van der Waals surface area contributed by atoms with Gasteiger partial charge in [0.15, 0.2) is 0 Å². The van der Waals surface area contributed by atoms with E-state index in [4.69, 9.17) is 0 Å². The Hall–Kier alpha value is -1.46. The zero-order valence-electron chi connectivity index (χ0n) is 11.9. The minimum atomic E-state index is 0.489. The van der Waals surface area contributed by atoms with Crippen molar-refractivity contribution in [1.29, 1.82) is 0 Å². The van der Waals surface area contributed by atoms with E-state index in [-0.39, 0.29) is 0 Å². The Balaban J connectivity index is 1.50. The summed E-state index contributed by atoms with van der Waals surface area (Å²) < 4.78 is 0.928. The first-order valence-corrected chi connectivity index (χ1v) is 8.09. The summed E-state index contributed by atoms with van der Waals surface area (Å²) in [7, 11) is 0. The lowest BCUT2D eigenvalue weighted by Crippen LogP contribution is -2.38. The third kappa shape index (κ3) is 4.02. The molecule has 4 nitrogen and oxygen atoms in total. The smallest absolute Gasteiger partial charge is 0.143 e. The fourth-order valence-electron chi connectivity index (χ4n) is 2.69. The van der Waals surface area contributed by atoms with Gasteiger partial charge in [-0.1, -0.05) is 30.3 Å². The molecule has 1 saturated heterocycles. The first-order valence-electron chi connectivity index (χ1n) is 7.29. The number of aromatic nitrogens is 2. The molecule has 0 bridgehead atoms. The number of nitrogens with zero attached hydrogens (tertiary/aromatic N) is 3. The second-order valence-electron chi connectivity index (χ2n) is 5.40. The van der Waals surface area contributed by atoms with E-state index in [1.807, 2.05) is 0 Å². The lowest BCUT2D eigenvalue weighted by molar-refractivity contribution is 0.211. The largest absolute Gasteiger partial charge is 0.366 e. The predicted octanol–water partition coefficient (Wildman–Crippen LogP) is 3.32. The summed E-state index contributed by atoms with van der Waals surface area (Å²) in [5.74, 6) is 0.895. The van der Waals surface area contributed by atoms with Crippen LogP contribution in [0.25, 0.3) is 0 Å². The third-order valence-electron chi connectivity index (χ3n) is 3.85. The molecule has 2 aromatic rings. The van der Waals surface area contributed by atoms with Gasteiger partial charge < -0.3 is 5.32 Å². The molecule has 1 aliphatic rings. The second kappa shape index (κ2) is 7.00. The number of halogens is 1. The number of hydrogen-bond donors (Lipinski definition) is 1. The number of rotatable bonds is 4. The Morgan fingerprint density at radius 1 is 1.19 bits per heavy atom. The Kier molecular flexibility index (Phi) is 4.83. The standard InChI is InChI=1S/C16H19BrN4/c17-15-10-18-12-19-16(15)20-14-6-8-21(9-7-14)11-13-4-2-1-3-5-13/h1-5,10,12,14H,6-9,11H2,(H,18,19,20).